The SMILES string of the molecule is COCc1ccccc1C(=O)Nc1nc2c(C)cc(C)cc2s1. The van der Waals surface area contributed by atoms with E-state index in [0.29, 0.717) is 17.3 Å². The van der Waals surface area contributed by atoms with Crippen molar-refractivity contribution in [1.82, 2.24) is 4.98 Å². The average Bonchev–Trinajstić information content (AvgIpc) is 2.90. The molecule has 1 amide bonds. The fourth-order valence-corrected chi connectivity index (χ4v) is 3.65. The van der Waals surface area contributed by atoms with Crippen molar-refractivity contribution in [3.05, 3.63) is 58.7 Å². The molecule has 0 atom stereocenters. The van der Waals surface area contributed by atoms with Crippen molar-refractivity contribution >= 4 is 32.6 Å². The molecule has 1 aromatic heterocycles. The van der Waals surface area contributed by atoms with Gasteiger partial charge in [-0.05, 0) is 42.7 Å². The molecule has 0 fully saturated rings. The van der Waals surface area contributed by atoms with Gasteiger partial charge in [0.25, 0.3) is 5.91 Å². The lowest BCUT2D eigenvalue weighted by Crippen LogP contribution is -2.14. The Hall–Kier alpha value is -2.24. The standard InChI is InChI=1S/C18H18N2O2S/c1-11-8-12(2)16-15(9-11)23-18(19-16)20-17(21)14-7-5-4-6-13(14)10-22-3/h4-9H,10H2,1-3H3,(H,19,20,21). The molecule has 4 nitrogen and oxygen atoms in total. The molecule has 23 heavy (non-hydrogen) atoms. The topological polar surface area (TPSA) is 51.2 Å². The molecule has 3 aromatic rings. The highest BCUT2D eigenvalue weighted by Crippen LogP contribution is 2.29. The molecule has 1 heterocycles. The minimum atomic E-state index is -0.161. The van der Waals surface area contributed by atoms with Crippen LogP contribution in [0, 0.1) is 13.8 Å². The number of carbonyl (C=O) groups is 1. The Bertz CT molecular complexity index is 871. The predicted molar refractivity (Wildman–Crippen MR) is 94.2 cm³/mol. The Balaban J connectivity index is 1.90. The van der Waals surface area contributed by atoms with E-state index in [4.69, 9.17) is 4.74 Å². The highest BCUT2D eigenvalue weighted by molar-refractivity contribution is 7.22. The average molecular weight is 326 g/mol. The van der Waals surface area contributed by atoms with Crippen molar-refractivity contribution in [3.63, 3.8) is 0 Å². The third-order valence-electron chi connectivity index (χ3n) is 3.61. The summed E-state index contributed by atoms with van der Waals surface area (Å²) in [6.45, 7) is 4.50. The summed E-state index contributed by atoms with van der Waals surface area (Å²) in [4.78, 5) is 17.1. The molecule has 3 rings (SSSR count). The van der Waals surface area contributed by atoms with Gasteiger partial charge in [-0.1, -0.05) is 35.6 Å². The summed E-state index contributed by atoms with van der Waals surface area (Å²) >= 11 is 1.49. The third-order valence-corrected chi connectivity index (χ3v) is 4.53. The van der Waals surface area contributed by atoms with Crippen LogP contribution in [0.4, 0.5) is 5.13 Å². The molecule has 2 aromatic carbocycles. The number of aryl methyl sites for hydroxylation is 2. The van der Waals surface area contributed by atoms with Crippen molar-refractivity contribution in [1.29, 1.82) is 0 Å². The van der Waals surface area contributed by atoms with Crippen LogP contribution in [0.5, 0.6) is 0 Å². The van der Waals surface area contributed by atoms with E-state index >= 15 is 0 Å². The van der Waals surface area contributed by atoms with E-state index in [2.05, 4.69) is 29.4 Å². The number of thiazole rings is 1. The van der Waals surface area contributed by atoms with Crippen LogP contribution in [0.2, 0.25) is 0 Å². The van der Waals surface area contributed by atoms with Gasteiger partial charge >= 0.3 is 0 Å². The Labute approximate surface area is 139 Å². The molecule has 118 valence electrons. The van der Waals surface area contributed by atoms with Gasteiger partial charge < -0.3 is 4.74 Å². The number of rotatable bonds is 4. The fraction of sp³-hybridized carbons (Fsp3) is 0.222. The second-order valence-electron chi connectivity index (χ2n) is 5.49. The van der Waals surface area contributed by atoms with E-state index in [0.717, 1.165) is 21.3 Å². The second-order valence-corrected chi connectivity index (χ2v) is 6.52. The van der Waals surface area contributed by atoms with Crippen LogP contribution in [0.25, 0.3) is 10.2 Å². The first-order valence-electron chi connectivity index (χ1n) is 7.34. The minimum absolute atomic E-state index is 0.161. The van der Waals surface area contributed by atoms with Gasteiger partial charge in [0.15, 0.2) is 5.13 Å². The molecule has 0 spiro atoms. The maximum absolute atomic E-state index is 12.5. The van der Waals surface area contributed by atoms with Gasteiger partial charge in [-0.2, -0.15) is 0 Å². The summed E-state index contributed by atoms with van der Waals surface area (Å²) in [5.74, 6) is -0.161. The number of carbonyl (C=O) groups excluding carboxylic acids is 1. The number of benzene rings is 2. The monoisotopic (exact) mass is 326 g/mol. The molecule has 0 radical (unpaired) electrons. The van der Waals surface area contributed by atoms with Crippen molar-refractivity contribution in [2.24, 2.45) is 0 Å². The Morgan fingerprint density at radius 2 is 2.04 bits per heavy atom. The number of anilines is 1. The quantitative estimate of drug-likeness (QED) is 0.777. The summed E-state index contributed by atoms with van der Waals surface area (Å²) < 4.78 is 6.24. The number of nitrogens with zero attached hydrogens (tertiary/aromatic N) is 1. The number of methoxy groups -OCH3 is 1. The van der Waals surface area contributed by atoms with Crippen molar-refractivity contribution < 1.29 is 9.53 Å². The van der Waals surface area contributed by atoms with Gasteiger partial charge in [0.2, 0.25) is 0 Å². The van der Waals surface area contributed by atoms with E-state index in [1.165, 1.54) is 16.9 Å². The smallest absolute Gasteiger partial charge is 0.257 e. The van der Waals surface area contributed by atoms with E-state index < -0.39 is 0 Å². The third kappa shape index (κ3) is 3.25. The largest absolute Gasteiger partial charge is 0.380 e. The number of ether oxygens (including phenoxy) is 1. The number of amides is 1. The zero-order valence-corrected chi connectivity index (χ0v) is 14.2. The van der Waals surface area contributed by atoms with E-state index in [9.17, 15) is 4.79 Å². The number of hydrogen-bond donors (Lipinski definition) is 1. The summed E-state index contributed by atoms with van der Waals surface area (Å²) in [5.41, 5.74) is 4.74. The highest BCUT2D eigenvalue weighted by Gasteiger charge is 2.14. The van der Waals surface area contributed by atoms with Crippen molar-refractivity contribution in [2.75, 3.05) is 12.4 Å². The van der Waals surface area contributed by atoms with E-state index in [-0.39, 0.29) is 5.91 Å². The van der Waals surface area contributed by atoms with Crippen LogP contribution in [-0.4, -0.2) is 18.0 Å². The van der Waals surface area contributed by atoms with E-state index in [1.54, 1.807) is 13.2 Å². The molecule has 0 saturated carbocycles. The summed E-state index contributed by atoms with van der Waals surface area (Å²) in [6.07, 6.45) is 0. The Morgan fingerprint density at radius 3 is 2.83 bits per heavy atom. The Morgan fingerprint density at radius 1 is 1.26 bits per heavy atom. The summed E-state index contributed by atoms with van der Waals surface area (Å²) in [6, 6.07) is 11.6. The van der Waals surface area contributed by atoms with Gasteiger partial charge in [-0.25, -0.2) is 4.98 Å². The molecular weight excluding hydrogens is 308 g/mol. The van der Waals surface area contributed by atoms with Crippen LogP contribution in [0.15, 0.2) is 36.4 Å². The van der Waals surface area contributed by atoms with Crippen molar-refractivity contribution in [3.8, 4) is 0 Å². The molecule has 1 N–H and O–H groups in total. The summed E-state index contributed by atoms with van der Waals surface area (Å²) in [7, 11) is 1.62. The van der Waals surface area contributed by atoms with Crippen LogP contribution in [0.3, 0.4) is 0 Å². The van der Waals surface area contributed by atoms with Crippen LogP contribution in [-0.2, 0) is 11.3 Å². The summed E-state index contributed by atoms with van der Waals surface area (Å²) in [5, 5.41) is 3.52. The highest BCUT2D eigenvalue weighted by atomic mass is 32.1. The molecule has 5 heteroatoms. The van der Waals surface area contributed by atoms with Gasteiger partial charge in [-0.15, -0.1) is 0 Å². The van der Waals surface area contributed by atoms with Gasteiger partial charge in [-0.3, -0.25) is 10.1 Å². The number of aromatic nitrogens is 1. The van der Waals surface area contributed by atoms with Crippen LogP contribution in [0.1, 0.15) is 27.0 Å². The molecule has 0 aliphatic heterocycles. The van der Waals surface area contributed by atoms with Crippen molar-refractivity contribution in [2.45, 2.75) is 20.5 Å². The lowest BCUT2D eigenvalue weighted by molar-refractivity contribution is 0.102. The normalized spacial score (nSPS) is 10.9. The number of hydrogen-bond acceptors (Lipinski definition) is 4. The maximum atomic E-state index is 12.5. The Kier molecular flexibility index (Phi) is 4.41. The zero-order valence-electron chi connectivity index (χ0n) is 13.3. The molecule has 0 bridgehead atoms. The van der Waals surface area contributed by atoms with E-state index in [1.807, 2.05) is 25.1 Å². The number of nitrogens with one attached hydrogen (secondary N) is 1. The first-order chi connectivity index (χ1) is 11.1. The molecule has 0 saturated heterocycles. The second kappa shape index (κ2) is 6.48. The molecular formula is C18H18N2O2S. The fourth-order valence-electron chi connectivity index (χ4n) is 2.61. The first kappa shape index (κ1) is 15.6. The van der Waals surface area contributed by atoms with Crippen LogP contribution >= 0.6 is 11.3 Å². The number of fused-ring (bicyclic) bond motifs is 1. The molecule has 0 unspecified atom stereocenters. The minimum Gasteiger partial charge on any atom is -0.380 e. The van der Waals surface area contributed by atoms with Gasteiger partial charge in [0.05, 0.1) is 16.8 Å². The molecule has 0 aliphatic carbocycles. The first-order valence-corrected chi connectivity index (χ1v) is 8.16. The lowest BCUT2D eigenvalue weighted by atomic mass is 10.1. The maximum Gasteiger partial charge on any atom is 0.257 e. The van der Waals surface area contributed by atoms with Gasteiger partial charge in [0, 0.05) is 12.7 Å². The van der Waals surface area contributed by atoms with Gasteiger partial charge in [0.1, 0.15) is 0 Å². The zero-order chi connectivity index (χ0) is 16.4. The molecule has 0 aliphatic rings. The lowest BCUT2D eigenvalue weighted by Gasteiger charge is -2.07. The predicted octanol–water partition coefficient (Wildman–Crippen LogP) is 4.31. The van der Waals surface area contributed by atoms with Crippen LogP contribution < -0.4 is 5.32 Å².